The Morgan fingerprint density at radius 2 is 2.14 bits per heavy atom. The topological polar surface area (TPSA) is 70.1 Å². The number of likely N-dealkylation sites (N-methyl/N-ethyl adjacent to an activating group) is 1. The molecule has 120 valence electrons. The van der Waals surface area contributed by atoms with Gasteiger partial charge in [0.2, 0.25) is 5.91 Å². The Labute approximate surface area is 130 Å². The van der Waals surface area contributed by atoms with E-state index in [-0.39, 0.29) is 12.5 Å². The molecule has 22 heavy (non-hydrogen) atoms. The molecule has 1 fully saturated rings. The second-order valence-electron chi connectivity index (χ2n) is 5.53. The number of hydrogen-bond acceptors (Lipinski definition) is 4. The average molecular weight is 306 g/mol. The fraction of sp³-hybridized carbons (Fsp3) is 0.500. The van der Waals surface area contributed by atoms with Gasteiger partial charge in [-0.3, -0.25) is 14.5 Å². The lowest BCUT2D eigenvalue weighted by Gasteiger charge is -2.24. The Kier molecular flexibility index (Phi) is 5.38. The zero-order chi connectivity index (χ0) is 16.1. The summed E-state index contributed by atoms with van der Waals surface area (Å²) < 4.78 is 5.28. The number of aliphatic carboxylic acids is 1. The van der Waals surface area contributed by atoms with E-state index in [0.717, 1.165) is 17.7 Å². The van der Waals surface area contributed by atoms with Gasteiger partial charge < -0.3 is 14.7 Å². The number of carbonyl (C=O) groups is 2. The molecule has 6 heteroatoms. The van der Waals surface area contributed by atoms with Crippen LogP contribution in [0.15, 0.2) is 24.3 Å². The minimum atomic E-state index is -0.849. The van der Waals surface area contributed by atoms with Crippen LogP contribution in [0.2, 0.25) is 0 Å². The van der Waals surface area contributed by atoms with Crippen molar-refractivity contribution in [2.45, 2.75) is 25.4 Å². The molecule has 1 saturated heterocycles. The summed E-state index contributed by atoms with van der Waals surface area (Å²) in [5, 5.41) is 9.16. The molecule has 1 aromatic rings. The summed E-state index contributed by atoms with van der Waals surface area (Å²) in [5.41, 5.74) is 0.928. The van der Waals surface area contributed by atoms with Crippen molar-refractivity contribution in [1.82, 2.24) is 9.80 Å². The lowest BCUT2D eigenvalue weighted by Crippen LogP contribution is -2.43. The van der Waals surface area contributed by atoms with Gasteiger partial charge in [0.25, 0.3) is 0 Å². The minimum Gasteiger partial charge on any atom is -0.496 e. The number of likely N-dealkylation sites (tertiary alicyclic amines) is 1. The van der Waals surface area contributed by atoms with Gasteiger partial charge in [-0.2, -0.15) is 0 Å². The Balaban J connectivity index is 1.96. The zero-order valence-electron chi connectivity index (χ0n) is 13.0. The van der Waals surface area contributed by atoms with Crippen molar-refractivity contribution in [3.63, 3.8) is 0 Å². The molecule has 1 N–H and O–H groups in total. The van der Waals surface area contributed by atoms with E-state index in [1.54, 1.807) is 24.0 Å². The fourth-order valence-electron chi connectivity index (χ4n) is 2.77. The van der Waals surface area contributed by atoms with Crippen LogP contribution in [0.4, 0.5) is 0 Å². The Hall–Kier alpha value is -2.08. The second kappa shape index (κ2) is 7.26. The molecule has 1 aromatic carbocycles. The molecule has 0 radical (unpaired) electrons. The minimum absolute atomic E-state index is 0.0842. The predicted molar refractivity (Wildman–Crippen MR) is 81.7 cm³/mol. The maximum absolute atomic E-state index is 12.3. The SMILES string of the molecule is COc1ccccc1CN(C)C(=O)CN1CCC[C@@H]1C(=O)O. The molecular weight excluding hydrogens is 284 g/mol. The normalized spacial score (nSPS) is 18.2. The molecule has 0 aliphatic carbocycles. The van der Waals surface area contributed by atoms with Crippen LogP contribution in [0.25, 0.3) is 0 Å². The number of carboxylic acid groups (broad SMARTS) is 1. The van der Waals surface area contributed by atoms with E-state index >= 15 is 0 Å². The van der Waals surface area contributed by atoms with Crippen LogP contribution in [-0.4, -0.2) is 60.1 Å². The number of carboxylic acids is 1. The highest BCUT2D eigenvalue weighted by molar-refractivity contribution is 5.80. The van der Waals surface area contributed by atoms with Gasteiger partial charge in [0.1, 0.15) is 11.8 Å². The third-order valence-electron chi connectivity index (χ3n) is 4.01. The van der Waals surface area contributed by atoms with E-state index in [2.05, 4.69) is 0 Å². The maximum atomic E-state index is 12.3. The number of methoxy groups -OCH3 is 1. The molecule has 6 nitrogen and oxygen atoms in total. The van der Waals surface area contributed by atoms with Crippen molar-refractivity contribution in [1.29, 1.82) is 0 Å². The summed E-state index contributed by atoms with van der Waals surface area (Å²) in [6.45, 7) is 1.24. The monoisotopic (exact) mass is 306 g/mol. The number of para-hydroxylation sites is 1. The van der Waals surface area contributed by atoms with E-state index in [1.807, 2.05) is 24.3 Å². The Bertz CT molecular complexity index is 547. The van der Waals surface area contributed by atoms with Gasteiger partial charge >= 0.3 is 5.97 Å². The van der Waals surface area contributed by atoms with Gasteiger partial charge in [0.05, 0.1) is 13.7 Å². The molecule has 1 aliphatic heterocycles. The molecule has 0 unspecified atom stereocenters. The Morgan fingerprint density at radius 1 is 1.41 bits per heavy atom. The number of rotatable bonds is 6. The van der Waals surface area contributed by atoms with E-state index < -0.39 is 12.0 Å². The van der Waals surface area contributed by atoms with E-state index in [9.17, 15) is 9.59 Å². The van der Waals surface area contributed by atoms with Crippen LogP contribution in [0, 0.1) is 0 Å². The van der Waals surface area contributed by atoms with Crippen molar-refractivity contribution < 1.29 is 19.4 Å². The average Bonchev–Trinajstić information content (AvgIpc) is 2.96. The van der Waals surface area contributed by atoms with Crippen LogP contribution >= 0.6 is 0 Å². The standard InChI is InChI=1S/C16H22N2O4/c1-17(10-12-6-3-4-8-14(12)22-2)15(19)11-18-9-5-7-13(18)16(20)21/h3-4,6,8,13H,5,7,9-11H2,1-2H3,(H,20,21)/t13-/m1/s1. The van der Waals surface area contributed by atoms with Gasteiger partial charge in [-0.25, -0.2) is 0 Å². The third-order valence-corrected chi connectivity index (χ3v) is 4.01. The summed E-state index contributed by atoms with van der Waals surface area (Å²) in [6.07, 6.45) is 1.43. The van der Waals surface area contributed by atoms with E-state index in [1.165, 1.54) is 0 Å². The van der Waals surface area contributed by atoms with Gasteiger partial charge in [-0.1, -0.05) is 18.2 Å². The van der Waals surface area contributed by atoms with Crippen LogP contribution < -0.4 is 4.74 Å². The summed E-state index contributed by atoms with van der Waals surface area (Å²) in [5.74, 6) is -0.191. The largest absolute Gasteiger partial charge is 0.496 e. The van der Waals surface area contributed by atoms with Gasteiger partial charge in [0, 0.05) is 19.2 Å². The van der Waals surface area contributed by atoms with Gasteiger partial charge in [0.15, 0.2) is 0 Å². The van der Waals surface area contributed by atoms with Crippen molar-refractivity contribution in [2.24, 2.45) is 0 Å². The molecular formula is C16H22N2O4. The summed E-state index contributed by atoms with van der Waals surface area (Å²) in [4.78, 5) is 26.8. The zero-order valence-corrected chi connectivity index (χ0v) is 13.0. The number of ether oxygens (including phenoxy) is 1. The number of nitrogens with zero attached hydrogens (tertiary/aromatic N) is 2. The van der Waals surface area contributed by atoms with Crippen LogP contribution in [0.1, 0.15) is 18.4 Å². The van der Waals surface area contributed by atoms with E-state index in [4.69, 9.17) is 9.84 Å². The highest BCUT2D eigenvalue weighted by atomic mass is 16.5. The molecule has 2 rings (SSSR count). The first-order valence-electron chi connectivity index (χ1n) is 7.35. The molecule has 0 aromatic heterocycles. The van der Waals surface area contributed by atoms with Crippen LogP contribution in [0.3, 0.4) is 0 Å². The van der Waals surface area contributed by atoms with Gasteiger partial charge in [-0.15, -0.1) is 0 Å². The Morgan fingerprint density at radius 3 is 2.82 bits per heavy atom. The number of amides is 1. The van der Waals surface area contributed by atoms with Crippen LogP contribution in [0.5, 0.6) is 5.75 Å². The summed E-state index contributed by atoms with van der Waals surface area (Å²) in [7, 11) is 3.32. The molecule has 0 bridgehead atoms. The third kappa shape index (κ3) is 3.76. The maximum Gasteiger partial charge on any atom is 0.320 e. The number of hydrogen-bond donors (Lipinski definition) is 1. The number of benzene rings is 1. The molecule has 0 saturated carbocycles. The predicted octanol–water partition coefficient (Wildman–Crippen LogP) is 1.20. The molecule has 1 atom stereocenters. The highest BCUT2D eigenvalue weighted by Gasteiger charge is 2.32. The molecule has 0 spiro atoms. The first-order valence-corrected chi connectivity index (χ1v) is 7.35. The van der Waals surface area contributed by atoms with Crippen LogP contribution in [-0.2, 0) is 16.1 Å². The lowest BCUT2D eigenvalue weighted by atomic mass is 10.2. The van der Waals surface area contributed by atoms with Crippen molar-refractivity contribution in [2.75, 3.05) is 27.2 Å². The van der Waals surface area contributed by atoms with Crippen molar-refractivity contribution in [3.05, 3.63) is 29.8 Å². The fourth-order valence-corrected chi connectivity index (χ4v) is 2.77. The van der Waals surface area contributed by atoms with Gasteiger partial charge in [-0.05, 0) is 25.5 Å². The summed E-state index contributed by atoms with van der Waals surface area (Å²) in [6, 6.07) is 7.01. The molecule has 1 amide bonds. The first kappa shape index (κ1) is 16.3. The summed E-state index contributed by atoms with van der Waals surface area (Å²) >= 11 is 0. The molecule has 1 heterocycles. The van der Waals surface area contributed by atoms with Crippen molar-refractivity contribution in [3.8, 4) is 5.75 Å². The highest BCUT2D eigenvalue weighted by Crippen LogP contribution is 2.20. The quantitative estimate of drug-likeness (QED) is 0.855. The smallest absolute Gasteiger partial charge is 0.320 e. The molecule has 1 aliphatic rings. The second-order valence-corrected chi connectivity index (χ2v) is 5.53. The van der Waals surface area contributed by atoms with E-state index in [0.29, 0.717) is 19.5 Å². The first-order chi connectivity index (χ1) is 10.5. The lowest BCUT2D eigenvalue weighted by molar-refractivity contribution is -0.143. The number of carbonyl (C=O) groups excluding carboxylic acids is 1. The van der Waals surface area contributed by atoms with Crippen molar-refractivity contribution >= 4 is 11.9 Å².